The van der Waals surface area contributed by atoms with Gasteiger partial charge in [-0.25, -0.2) is 0 Å². The number of amides is 1. The van der Waals surface area contributed by atoms with Crippen molar-refractivity contribution < 1.29 is 4.79 Å². The molecule has 25 heavy (non-hydrogen) atoms. The van der Waals surface area contributed by atoms with Crippen LogP contribution in [0.5, 0.6) is 0 Å². The molecule has 0 radical (unpaired) electrons. The van der Waals surface area contributed by atoms with E-state index in [2.05, 4.69) is 46.7 Å². The SMILES string of the molecule is CC1CCCN(Cc2ccc(CNC(=O)C3CCNCC3)cc2)C1.Cl. The van der Waals surface area contributed by atoms with Crippen LogP contribution in [0, 0.1) is 11.8 Å². The van der Waals surface area contributed by atoms with Crippen LogP contribution < -0.4 is 10.6 Å². The third-order valence-corrected chi connectivity index (χ3v) is 5.35. The van der Waals surface area contributed by atoms with Crippen LogP contribution in [0.25, 0.3) is 0 Å². The molecule has 3 rings (SSSR count). The third-order valence-electron chi connectivity index (χ3n) is 5.35. The fraction of sp³-hybridized carbons (Fsp3) is 0.650. The molecule has 0 spiro atoms. The maximum absolute atomic E-state index is 12.2. The van der Waals surface area contributed by atoms with Crippen molar-refractivity contribution in [3.63, 3.8) is 0 Å². The summed E-state index contributed by atoms with van der Waals surface area (Å²) in [5.41, 5.74) is 2.56. The van der Waals surface area contributed by atoms with Gasteiger partial charge in [0.25, 0.3) is 0 Å². The van der Waals surface area contributed by atoms with Gasteiger partial charge in [0.1, 0.15) is 0 Å². The van der Waals surface area contributed by atoms with Crippen molar-refractivity contribution >= 4 is 18.3 Å². The summed E-state index contributed by atoms with van der Waals surface area (Å²) >= 11 is 0. The lowest BCUT2D eigenvalue weighted by Gasteiger charge is -2.30. The third kappa shape index (κ3) is 6.28. The van der Waals surface area contributed by atoms with Gasteiger partial charge in [-0.3, -0.25) is 9.69 Å². The van der Waals surface area contributed by atoms with Crippen molar-refractivity contribution in [1.29, 1.82) is 0 Å². The van der Waals surface area contributed by atoms with Crippen LogP contribution in [-0.2, 0) is 17.9 Å². The summed E-state index contributed by atoms with van der Waals surface area (Å²) in [7, 11) is 0. The van der Waals surface area contributed by atoms with Crippen molar-refractivity contribution in [2.75, 3.05) is 26.2 Å². The molecule has 1 aromatic rings. The minimum absolute atomic E-state index is 0. The molecular weight excluding hydrogens is 334 g/mol. The molecule has 0 bridgehead atoms. The van der Waals surface area contributed by atoms with Gasteiger partial charge < -0.3 is 10.6 Å². The van der Waals surface area contributed by atoms with E-state index < -0.39 is 0 Å². The van der Waals surface area contributed by atoms with Gasteiger partial charge in [0, 0.05) is 25.6 Å². The first kappa shape index (κ1) is 20.2. The van der Waals surface area contributed by atoms with Crippen LogP contribution in [0.3, 0.4) is 0 Å². The van der Waals surface area contributed by atoms with Crippen molar-refractivity contribution in [1.82, 2.24) is 15.5 Å². The second-order valence-electron chi connectivity index (χ2n) is 7.54. The number of hydrogen-bond acceptors (Lipinski definition) is 3. The Morgan fingerprint density at radius 2 is 1.84 bits per heavy atom. The Kier molecular flexibility index (Phi) is 8.20. The normalized spacial score (nSPS) is 22.2. The van der Waals surface area contributed by atoms with Gasteiger partial charge in [-0.1, -0.05) is 31.2 Å². The topological polar surface area (TPSA) is 44.4 Å². The van der Waals surface area contributed by atoms with Gasteiger partial charge in [0.2, 0.25) is 5.91 Å². The van der Waals surface area contributed by atoms with Crippen molar-refractivity contribution in [2.24, 2.45) is 11.8 Å². The summed E-state index contributed by atoms with van der Waals surface area (Å²) < 4.78 is 0. The Balaban J connectivity index is 0.00000225. The summed E-state index contributed by atoms with van der Waals surface area (Å²) in [5, 5.41) is 6.40. The number of piperidine rings is 2. The van der Waals surface area contributed by atoms with E-state index in [0.29, 0.717) is 6.54 Å². The Morgan fingerprint density at radius 3 is 2.52 bits per heavy atom. The first-order valence-electron chi connectivity index (χ1n) is 9.49. The van der Waals surface area contributed by atoms with E-state index in [1.807, 2.05) is 0 Å². The molecule has 5 heteroatoms. The molecular formula is C20H32ClN3O. The van der Waals surface area contributed by atoms with Gasteiger partial charge in [0.15, 0.2) is 0 Å². The summed E-state index contributed by atoms with van der Waals surface area (Å²) in [4.78, 5) is 14.7. The molecule has 1 amide bonds. The second-order valence-corrected chi connectivity index (χ2v) is 7.54. The maximum Gasteiger partial charge on any atom is 0.223 e. The highest BCUT2D eigenvalue weighted by Gasteiger charge is 2.20. The Labute approximate surface area is 158 Å². The lowest BCUT2D eigenvalue weighted by molar-refractivity contribution is -0.125. The van der Waals surface area contributed by atoms with Crippen molar-refractivity contribution in [2.45, 2.75) is 45.7 Å². The number of benzene rings is 1. The average Bonchev–Trinajstić information content (AvgIpc) is 2.62. The molecule has 2 fully saturated rings. The standard InChI is InChI=1S/C20H31N3O.ClH/c1-16-3-2-12-23(14-16)15-18-6-4-17(5-7-18)13-22-20(24)19-8-10-21-11-9-19;/h4-7,16,19,21H,2-3,8-15H2,1H3,(H,22,24);1H. The summed E-state index contributed by atoms with van der Waals surface area (Å²) in [6.45, 7) is 8.40. The van der Waals surface area contributed by atoms with E-state index in [-0.39, 0.29) is 24.2 Å². The van der Waals surface area contributed by atoms with Gasteiger partial charge in [-0.15, -0.1) is 12.4 Å². The maximum atomic E-state index is 12.2. The Morgan fingerprint density at radius 1 is 1.16 bits per heavy atom. The lowest BCUT2D eigenvalue weighted by atomic mass is 9.97. The van der Waals surface area contributed by atoms with Crippen LogP contribution in [0.2, 0.25) is 0 Å². The fourth-order valence-electron chi connectivity index (χ4n) is 3.87. The summed E-state index contributed by atoms with van der Waals surface area (Å²) in [6.07, 6.45) is 4.60. The molecule has 1 unspecified atom stereocenters. The first-order valence-corrected chi connectivity index (χ1v) is 9.49. The highest BCUT2D eigenvalue weighted by molar-refractivity contribution is 5.85. The molecule has 2 saturated heterocycles. The number of carbonyl (C=O) groups excluding carboxylic acids is 1. The largest absolute Gasteiger partial charge is 0.352 e. The van der Waals surface area contributed by atoms with Gasteiger partial charge in [-0.2, -0.15) is 0 Å². The highest BCUT2D eigenvalue weighted by Crippen LogP contribution is 2.18. The fourth-order valence-corrected chi connectivity index (χ4v) is 3.87. The average molecular weight is 366 g/mol. The van der Waals surface area contributed by atoms with Crippen molar-refractivity contribution in [3.05, 3.63) is 35.4 Å². The van der Waals surface area contributed by atoms with E-state index in [9.17, 15) is 4.79 Å². The monoisotopic (exact) mass is 365 g/mol. The van der Waals surface area contributed by atoms with Gasteiger partial charge in [-0.05, 0) is 62.4 Å². The molecule has 4 nitrogen and oxygen atoms in total. The predicted octanol–water partition coefficient (Wildman–Crippen LogP) is 2.96. The number of nitrogens with zero attached hydrogens (tertiary/aromatic N) is 1. The van der Waals surface area contributed by atoms with Crippen LogP contribution >= 0.6 is 12.4 Å². The number of carbonyl (C=O) groups is 1. The van der Waals surface area contributed by atoms with Crippen LogP contribution in [0.15, 0.2) is 24.3 Å². The second kappa shape index (κ2) is 10.1. The number of likely N-dealkylation sites (tertiary alicyclic amines) is 1. The van der Waals surface area contributed by atoms with Crippen LogP contribution in [0.4, 0.5) is 0 Å². The molecule has 1 atom stereocenters. The van der Waals surface area contributed by atoms with E-state index in [0.717, 1.165) is 38.4 Å². The summed E-state index contributed by atoms with van der Waals surface area (Å²) in [6, 6.07) is 8.74. The molecule has 2 aliphatic rings. The molecule has 0 saturated carbocycles. The van der Waals surface area contributed by atoms with E-state index in [1.54, 1.807) is 0 Å². The summed E-state index contributed by atoms with van der Waals surface area (Å²) in [5.74, 6) is 1.22. The number of rotatable bonds is 5. The molecule has 2 aliphatic heterocycles. The quantitative estimate of drug-likeness (QED) is 0.843. The Bertz CT molecular complexity index is 528. The minimum atomic E-state index is 0. The number of hydrogen-bond donors (Lipinski definition) is 2. The van der Waals surface area contributed by atoms with Crippen LogP contribution in [0.1, 0.15) is 43.7 Å². The first-order chi connectivity index (χ1) is 11.7. The van der Waals surface area contributed by atoms with Gasteiger partial charge >= 0.3 is 0 Å². The number of halogens is 1. The Hall–Kier alpha value is -1.10. The zero-order chi connectivity index (χ0) is 16.8. The molecule has 0 aromatic heterocycles. The number of nitrogens with one attached hydrogen (secondary N) is 2. The highest BCUT2D eigenvalue weighted by atomic mass is 35.5. The smallest absolute Gasteiger partial charge is 0.223 e. The van der Waals surface area contributed by atoms with Crippen molar-refractivity contribution in [3.8, 4) is 0 Å². The van der Waals surface area contributed by atoms with Crippen LogP contribution in [-0.4, -0.2) is 37.0 Å². The zero-order valence-electron chi connectivity index (χ0n) is 15.3. The van der Waals surface area contributed by atoms with E-state index >= 15 is 0 Å². The molecule has 2 N–H and O–H groups in total. The molecule has 1 aromatic carbocycles. The predicted molar refractivity (Wildman–Crippen MR) is 105 cm³/mol. The van der Waals surface area contributed by atoms with E-state index in [4.69, 9.17) is 0 Å². The zero-order valence-corrected chi connectivity index (χ0v) is 16.1. The van der Waals surface area contributed by atoms with E-state index in [1.165, 1.54) is 37.1 Å². The molecule has 140 valence electrons. The molecule has 2 heterocycles. The van der Waals surface area contributed by atoms with Gasteiger partial charge in [0.05, 0.1) is 0 Å². The molecule has 0 aliphatic carbocycles. The lowest BCUT2D eigenvalue weighted by Crippen LogP contribution is -2.37. The minimum Gasteiger partial charge on any atom is -0.352 e.